The summed E-state index contributed by atoms with van der Waals surface area (Å²) in [6.07, 6.45) is -5.50. The van der Waals surface area contributed by atoms with Crippen molar-refractivity contribution in [2.45, 2.75) is 19.5 Å². The van der Waals surface area contributed by atoms with E-state index >= 15 is 0 Å². The van der Waals surface area contributed by atoms with Crippen molar-refractivity contribution in [2.24, 2.45) is 4.99 Å². The molecule has 0 saturated heterocycles. The molecule has 164 valence electrons. The molecular formula is C24H19ClF3N3O. The summed E-state index contributed by atoms with van der Waals surface area (Å²) in [7, 11) is 0. The molecule has 0 spiro atoms. The summed E-state index contributed by atoms with van der Waals surface area (Å²) in [6, 6.07) is 19.8. The Bertz CT molecular complexity index is 1170. The number of alkyl halides is 3. The second kappa shape index (κ2) is 9.78. The van der Waals surface area contributed by atoms with E-state index in [1.165, 1.54) is 24.3 Å². The van der Waals surface area contributed by atoms with E-state index in [1.54, 1.807) is 36.4 Å². The average molecular weight is 458 g/mol. The summed E-state index contributed by atoms with van der Waals surface area (Å²) >= 11 is 6.10. The Balaban J connectivity index is 1.90. The number of aryl methyl sites for hydroxylation is 1. The molecule has 3 aromatic rings. The topological polar surface area (TPSA) is 65.3 Å². The molecule has 1 amide bonds. The second-order valence-corrected chi connectivity index (χ2v) is 7.42. The van der Waals surface area contributed by atoms with Crippen molar-refractivity contribution in [3.8, 4) is 0 Å². The van der Waals surface area contributed by atoms with Crippen LogP contribution >= 0.6 is 11.6 Å². The fraction of sp³-hybridized carbons (Fsp3) is 0.125. The number of rotatable bonds is 6. The Labute approximate surface area is 188 Å². The van der Waals surface area contributed by atoms with E-state index < -0.39 is 18.3 Å². The van der Waals surface area contributed by atoms with E-state index in [2.05, 4.69) is 10.3 Å². The number of hydrogen-bond acceptors (Lipinski definition) is 3. The average Bonchev–Trinajstić information content (AvgIpc) is 2.75. The van der Waals surface area contributed by atoms with Crippen LogP contribution in [-0.2, 0) is 0 Å². The molecule has 0 atom stereocenters. The number of benzene rings is 3. The first-order valence-electron chi connectivity index (χ1n) is 9.59. The third-order valence-corrected chi connectivity index (χ3v) is 4.99. The van der Waals surface area contributed by atoms with Crippen LogP contribution in [0.1, 0.15) is 27.9 Å². The molecule has 0 aliphatic rings. The van der Waals surface area contributed by atoms with Gasteiger partial charge < -0.3 is 10.7 Å². The Morgan fingerprint density at radius 2 is 1.56 bits per heavy atom. The predicted octanol–water partition coefficient (Wildman–Crippen LogP) is 6.99. The van der Waals surface area contributed by atoms with Gasteiger partial charge in [-0.25, -0.2) is 0 Å². The largest absolute Gasteiger partial charge is 0.429 e. The molecule has 0 aliphatic heterocycles. The van der Waals surface area contributed by atoms with Gasteiger partial charge in [-0.15, -0.1) is 0 Å². The smallest absolute Gasteiger partial charge is 0.322 e. The highest BCUT2D eigenvalue weighted by Crippen LogP contribution is 2.27. The zero-order valence-corrected chi connectivity index (χ0v) is 17.8. The number of para-hydroxylation sites is 2. The standard InChI is InChI=1S/C24H19ClF3N3O/c1-15-6-2-4-8-19(15)31-23(32)17-12-10-16(11-13-17)21(14-22(29)24(26,27)28)30-20-9-5-3-7-18(20)25/h2-13,29H,14H2,1H3,(H,31,32). The highest BCUT2D eigenvalue weighted by atomic mass is 35.5. The molecule has 4 nitrogen and oxygen atoms in total. The van der Waals surface area contributed by atoms with E-state index in [0.29, 0.717) is 22.5 Å². The molecule has 8 heteroatoms. The molecule has 3 aromatic carbocycles. The Hall–Kier alpha value is -3.45. The lowest BCUT2D eigenvalue weighted by atomic mass is 10.0. The van der Waals surface area contributed by atoms with Crippen molar-refractivity contribution >= 4 is 40.3 Å². The number of hydrogen-bond donors (Lipinski definition) is 2. The summed E-state index contributed by atoms with van der Waals surface area (Å²) < 4.78 is 39.0. The van der Waals surface area contributed by atoms with Crippen molar-refractivity contribution in [3.05, 3.63) is 94.5 Å². The molecule has 0 aliphatic carbocycles. The van der Waals surface area contributed by atoms with Gasteiger partial charge in [-0.1, -0.05) is 54.1 Å². The molecule has 0 radical (unpaired) electrons. The molecule has 0 saturated carbocycles. The Kier molecular flexibility index (Phi) is 7.10. The molecular weight excluding hydrogens is 439 g/mol. The molecule has 0 heterocycles. The third kappa shape index (κ3) is 5.82. The number of amides is 1. The third-order valence-electron chi connectivity index (χ3n) is 4.67. The highest BCUT2D eigenvalue weighted by molar-refractivity contribution is 6.33. The highest BCUT2D eigenvalue weighted by Gasteiger charge is 2.35. The Morgan fingerprint density at radius 3 is 2.19 bits per heavy atom. The van der Waals surface area contributed by atoms with Crippen molar-refractivity contribution in [1.29, 1.82) is 5.41 Å². The number of halogens is 4. The minimum atomic E-state index is -4.77. The molecule has 2 N–H and O–H groups in total. The van der Waals surface area contributed by atoms with Gasteiger partial charge in [0.2, 0.25) is 0 Å². The number of nitrogens with one attached hydrogen (secondary N) is 2. The number of carbonyl (C=O) groups is 1. The maximum atomic E-state index is 13.0. The molecule has 0 bridgehead atoms. The van der Waals surface area contributed by atoms with Gasteiger partial charge in [-0.2, -0.15) is 13.2 Å². The number of nitrogens with zero attached hydrogens (tertiary/aromatic N) is 1. The van der Waals surface area contributed by atoms with Crippen LogP contribution in [0.5, 0.6) is 0 Å². The van der Waals surface area contributed by atoms with Crippen molar-refractivity contribution in [2.75, 3.05) is 5.32 Å². The van der Waals surface area contributed by atoms with E-state index in [-0.39, 0.29) is 16.6 Å². The van der Waals surface area contributed by atoms with Crippen LogP contribution in [0.4, 0.5) is 24.5 Å². The minimum Gasteiger partial charge on any atom is -0.322 e. The maximum absolute atomic E-state index is 13.0. The van der Waals surface area contributed by atoms with Crippen molar-refractivity contribution in [3.63, 3.8) is 0 Å². The van der Waals surface area contributed by atoms with Gasteiger partial charge in [-0.05, 0) is 48.4 Å². The van der Waals surface area contributed by atoms with Gasteiger partial charge in [0.05, 0.1) is 16.4 Å². The second-order valence-electron chi connectivity index (χ2n) is 7.01. The lowest BCUT2D eigenvalue weighted by Crippen LogP contribution is -2.25. The van der Waals surface area contributed by atoms with Crippen LogP contribution in [0.3, 0.4) is 0 Å². The lowest BCUT2D eigenvalue weighted by Gasteiger charge is -2.12. The first-order chi connectivity index (χ1) is 15.1. The summed E-state index contributed by atoms with van der Waals surface area (Å²) in [5.41, 5.74) is 1.14. The molecule has 0 unspecified atom stereocenters. The zero-order valence-electron chi connectivity index (χ0n) is 17.0. The quantitative estimate of drug-likeness (QED) is 0.385. The van der Waals surface area contributed by atoms with Crippen molar-refractivity contribution in [1.82, 2.24) is 0 Å². The van der Waals surface area contributed by atoms with E-state index in [1.807, 2.05) is 19.1 Å². The van der Waals surface area contributed by atoms with Crippen LogP contribution in [0.25, 0.3) is 0 Å². The Morgan fingerprint density at radius 1 is 0.969 bits per heavy atom. The van der Waals surface area contributed by atoms with Gasteiger partial charge in [0, 0.05) is 17.7 Å². The minimum absolute atomic E-state index is 0.0197. The fourth-order valence-electron chi connectivity index (χ4n) is 2.88. The van der Waals surface area contributed by atoms with Crippen LogP contribution in [0, 0.1) is 12.3 Å². The van der Waals surface area contributed by atoms with Crippen LogP contribution in [0.2, 0.25) is 5.02 Å². The van der Waals surface area contributed by atoms with Crippen LogP contribution in [-0.4, -0.2) is 23.5 Å². The normalized spacial score (nSPS) is 11.8. The molecule has 3 rings (SSSR count). The lowest BCUT2D eigenvalue weighted by molar-refractivity contribution is -0.0605. The maximum Gasteiger partial charge on any atom is 0.429 e. The first kappa shape index (κ1) is 23.2. The number of aliphatic imine (C=N–C) groups is 1. The fourth-order valence-corrected chi connectivity index (χ4v) is 3.06. The molecule has 32 heavy (non-hydrogen) atoms. The summed E-state index contributed by atoms with van der Waals surface area (Å²) in [5.74, 6) is -0.349. The summed E-state index contributed by atoms with van der Waals surface area (Å²) in [6.45, 7) is 1.87. The predicted molar refractivity (Wildman–Crippen MR) is 122 cm³/mol. The van der Waals surface area contributed by atoms with Crippen LogP contribution in [0.15, 0.2) is 77.8 Å². The molecule has 0 fully saturated rings. The monoisotopic (exact) mass is 457 g/mol. The zero-order chi connectivity index (χ0) is 23.3. The summed E-state index contributed by atoms with van der Waals surface area (Å²) in [5, 5.41) is 10.5. The van der Waals surface area contributed by atoms with E-state index in [0.717, 1.165) is 5.56 Å². The van der Waals surface area contributed by atoms with Gasteiger partial charge in [0.15, 0.2) is 0 Å². The first-order valence-corrected chi connectivity index (χ1v) is 9.97. The van der Waals surface area contributed by atoms with E-state index in [4.69, 9.17) is 17.0 Å². The van der Waals surface area contributed by atoms with Gasteiger partial charge in [0.25, 0.3) is 5.91 Å². The van der Waals surface area contributed by atoms with Crippen LogP contribution < -0.4 is 5.32 Å². The van der Waals surface area contributed by atoms with Gasteiger partial charge >= 0.3 is 6.18 Å². The van der Waals surface area contributed by atoms with Crippen molar-refractivity contribution < 1.29 is 18.0 Å². The summed E-state index contributed by atoms with van der Waals surface area (Å²) in [4.78, 5) is 16.8. The number of anilines is 1. The van der Waals surface area contributed by atoms with Gasteiger partial charge in [-0.3, -0.25) is 9.79 Å². The number of carbonyl (C=O) groups excluding carboxylic acids is 1. The molecule has 0 aromatic heterocycles. The SMILES string of the molecule is Cc1ccccc1NC(=O)c1ccc(C(CC(=N)C(F)(F)F)=Nc2ccccc2Cl)cc1. The van der Waals surface area contributed by atoms with E-state index in [9.17, 15) is 18.0 Å². The van der Waals surface area contributed by atoms with Gasteiger partial charge in [0.1, 0.15) is 5.71 Å².